The van der Waals surface area contributed by atoms with Gasteiger partial charge < -0.3 is 4.90 Å². The monoisotopic (exact) mass is 234 g/mol. The Kier molecular flexibility index (Phi) is 2.92. The SMILES string of the molecule is O=C(C1=CN2CCCNC2CC1)C(F)(F)F. The molecule has 1 unspecified atom stereocenters. The first-order valence-corrected chi connectivity index (χ1v) is 5.30. The van der Waals surface area contributed by atoms with Gasteiger partial charge in [0.1, 0.15) is 0 Å². The Labute approximate surface area is 91.3 Å². The summed E-state index contributed by atoms with van der Waals surface area (Å²) in [4.78, 5) is 12.9. The van der Waals surface area contributed by atoms with E-state index < -0.39 is 12.0 Å². The zero-order valence-corrected chi connectivity index (χ0v) is 8.68. The number of alkyl halides is 3. The molecule has 2 heterocycles. The van der Waals surface area contributed by atoms with Gasteiger partial charge >= 0.3 is 6.18 Å². The molecule has 0 saturated carbocycles. The topological polar surface area (TPSA) is 32.3 Å². The van der Waals surface area contributed by atoms with E-state index in [0.717, 1.165) is 13.0 Å². The molecule has 16 heavy (non-hydrogen) atoms. The number of hydrogen-bond donors (Lipinski definition) is 1. The van der Waals surface area contributed by atoms with E-state index in [1.807, 2.05) is 0 Å². The molecule has 1 N–H and O–H groups in total. The third-order valence-electron chi connectivity index (χ3n) is 2.93. The molecule has 1 fully saturated rings. The molecule has 0 bridgehead atoms. The van der Waals surface area contributed by atoms with Crippen LogP contribution in [0.25, 0.3) is 0 Å². The molecule has 2 rings (SSSR count). The molecule has 0 aromatic rings. The van der Waals surface area contributed by atoms with E-state index in [-0.39, 0.29) is 18.2 Å². The smallest absolute Gasteiger partial charge is 0.362 e. The highest BCUT2D eigenvalue weighted by Crippen LogP contribution is 2.28. The van der Waals surface area contributed by atoms with E-state index in [1.165, 1.54) is 6.20 Å². The first-order valence-electron chi connectivity index (χ1n) is 5.30. The Morgan fingerprint density at radius 2 is 2.25 bits per heavy atom. The summed E-state index contributed by atoms with van der Waals surface area (Å²) < 4.78 is 36.7. The maximum atomic E-state index is 12.2. The van der Waals surface area contributed by atoms with Crippen LogP contribution >= 0.6 is 0 Å². The number of allylic oxidation sites excluding steroid dienone is 1. The number of fused-ring (bicyclic) bond motifs is 1. The van der Waals surface area contributed by atoms with Crippen LogP contribution in [-0.2, 0) is 4.79 Å². The minimum Gasteiger partial charge on any atom is -0.362 e. The fourth-order valence-electron chi connectivity index (χ4n) is 2.14. The molecule has 0 radical (unpaired) electrons. The fraction of sp³-hybridized carbons (Fsp3) is 0.700. The molecule has 2 aliphatic heterocycles. The van der Waals surface area contributed by atoms with Crippen LogP contribution in [0.4, 0.5) is 13.2 Å². The van der Waals surface area contributed by atoms with Gasteiger partial charge in [-0.2, -0.15) is 13.2 Å². The van der Waals surface area contributed by atoms with Gasteiger partial charge in [-0.1, -0.05) is 0 Å². The summed E-state index contributed by atoms with van der Waals surface area (Å²) in [5.74, 6) is -1.70. The van der Waals surface area contributed by atoms with Gasteiger partial charge in [0.05, 0.1) is 6.17 Å². The minimum atomic E-state index is -4.75. The van der Waals surface area contributed by atoms with Gasteiger partial charge in [0.25, 0.3) is 5.78 Å². The molecule has 3 nitrogen and oxygen atoms in total. The van der Waals surface area contributed by atoms with Gasteiger partial charge in [-0.25, -0.2) is 0 Å². The second-order valence-corrected chi connectivity index (χ2v) is 4.08. The molecule has 0 amide bonds. The van der Waals surface area contributed by atoms with Crippen molar-refractivity contribution in [1.29, 1.82) is 0 Å². The average Bonchev–Trinajstić information content (AvgIpc) is 2.26. The molecule has 90 valence electrons. The Morgan fingerprint density at radius 3 is 2.94 bits per heavy atom. The van der Waals surface area contributed by atoms with Gasteiger partial charge in [0, 0.05) is 18.3 Å². The van der Waals surface area contributed by atoms with Gasteiger partial charge in [-0.3, -0.25) is 10.1 Å². The van der Waals surface area contributed by atoms with E-state index >= 15 is 0 Å². The molecular formula is C10H13F3N2O. The standard InChI is InChI=1S/C10H13F3N2O/c11-10(12,13)9(16)7-2-3-8-14-4-1-5-15(8)6-7/h6,8,14H,1-5H2. The predicted molar refractivity (Wildman–Crippen MR) is 51.5 cm³/mol. The van der Waals surface area contributed by atoms with Crippen LogP contribution in [0.2, 0.25) is 0 Å². The van der Waals surface area contributed by atoms with E-state index in [4.69, 9.17) is 0 Å². The van der Waals surface area contributed by atoms with Gasteiger partial charge in [-0.05, 0) is 25.8 Å². The van der Waals surface area contributed by atoms with Crippen LogP contribution in [-0.4, -0.2) is 36.1 Å². The summed E-state index contributed by atoms with van der Waals surface area (Å²) in [6, 6.07) is 0. The van der Waals surface area contributed by atoms with Crippen LogP contribution < -0.4 is 5.32 Å². The first kappa shape index (κ1) is 11.4. The lowest BCUT2D eigenvalue weighted by atomic mass is 9.99. The van der Waals surface area contributed by atoms with Crippen LogP contribution in [0.1, 0.15) is 19.3 Å². The molecule has 0 aromatic heterocycles. The largest absolute Gasteiger partial charge is 0.454 e. The first-order chi connectivity index (χ1) is 7.48. The number of halogens is 3. The summed E-state index contributed by atoms with van der Waals surface area (Å²) in [7, 11) is 0. The van der Waals surface area contributed by atoms with Crippen molar-refractivity contribution in [2.24, 2.45) is 0 Å². The van der Waals surface area contributed by atoms with E-state index in [9.17, 15) is 18.0 Å². The highest BCUT2D eigenvalue weighted by atomic mass is 19.4. The van der Waals surface area contributed by atoms with Crippen LogP contribution in [0, 0.1) is 0 Å². The van der Waals surface area contributed by atoms with Crippen molar-refractivity contribution in [2.75, 3.05) is 13.1 Å². The number of ketones is 1. The molecular weight excluding hydrogens is 221 g/mol. The zero-order valence-electron chi connectivity index (χ0n) is 8.68. The Bertz CT molecular complexity index is 325. The molecule has 0 aromatic carbocycles. The summed E-state index contributed by atoms with van der Waals surface area (Å²) in [6.07, 6.45) is -1.63. The number of nitrogens with one attached hydrogen (secondary N) is 1. The number of nitrogens with zero attached hydrogens (tertiary/aromatic N) is 1. The Balaban J connectivity index is 2.12. The van der Waals surface area contributed by atoms with Crippen LogP contribution in [0.15, 0.2) is 11.8 Å². The third-order valence-corrected chi connectivity index (χ3v) is 2.93. The summed E-state index contributed by atoms with van der Waals surface area (Å²) in [5.41, 5.74) is -0.118. The van der Waals surface area contributed by atoms with Gasteiger partial charge in [0.2, 0.25) is 0 Å². The van der Waals surface area contributed by atoms with Crippen molar-refractivity contribution < 1.29 is 18.0 Å². The maximum Gasteiger partial charge on any atom is 0.454 e. The van der Waals surface area contributed by atoms with Crippen molar-refractivity contribution in [1.82, 2.24) is 10.2 Å². The van der Waals surface area contributed by atoms with E-state index in [1.54, 1.807) is 4.90 Å². The fourth-order valence-corrected chi connectivity index (χ4v) is 2.14. The maximum absolute atomic E-state index is 12.2. The molecule has 0 spiro atoms. The highest BCUT2D eigenvalue weighted by Gasteiger charge is 2.42. The Hall–Kier alpha value is -1.04. The lowest BCUT2D eigenvalue weighted by Crippen LogP contribution is -2.50. The van der Waals surface area contributed by atoms with E-state index in [0.29, 0.717) is 13.0 Å². The second kappa shape index (κ2) is 4.08. The van der Waals surface area contributed by atoms with Crippen molar-refractivity contribution in [3.05, 3.63) is 11.8 Å². The van der Waals surface area contributed by atoms with Crippen molar-refractivity contribution in [2.45, 2.75) is 31.6 Å². The zero-order chi connectivity index (χ0) is 11.8. The third kappa shape index (κ3) is 2.21. The quantitative estimate of drug-likeness (QED) is 0.744. The molecule has 2 aliphatic rings. The second-order valence-electron chi connectivity index (χ2n) is 4.08. The van der Waals surface area contributed by atoms with Crippen molar-refractivity contribution >= 4 is 5.78 Å². The summed E-state index contributed by atoms with van der Waals surface area (Å²) >= 11 is 0. The predicted octanol–water partition coefficient (Wildman–Crippen LogP) is 1.42. The van der Waals surface area contributed by atoms with Crippen LogP contribution in [0.3, 0.4) is 0 Å². The molecule has 0 aliphatic carbocycles. The van der Waals surface area contributed by atoms with Crippen LogP contribution in [0.5, 0.6) is 0 Å². The van der Waals surface area contributed by atoms with Crippen molar-refractivity contribution in [3.63, 3.8) is 0 Å². The van der Waals surface area contributed by atoms with Crippen molar-refractivity contribution in [3.8, 4) is 0 Å². The lowest BCUT2D eigenvalue weighted by Gasteiger charge is -2.39. The summed E-state index contributed by atoms with van der Waals surface area (Å²) in [6.45, 7) is 1.60. The van der Waals surface area contributed by atoms with Gasteiger partial charge in [0.15, 0.2) is 0 Å². The van der Waals surface area contributed by atoms with E-state index in [2.05, 4.69) is 5.32 Å². The normalized spacial score (nSPS) is 26.1. The number of carbonyl (C=O) groups is 1. The Morgan fingerprint density at radius 1 is 1.50 bits per heavy atom. The number of Topliss-reactive ketones (excluding diaryl/α,β-unsaturated/α-hetero) is 1. The summed E-state index contributed by atoms with van der Waals surface area (Å²) in [5, 5.41) is 3.21. The molecule has 6 heteroatoms. The number of carbonyl (C=O) groups excluding carboxylic acids is 1. The molecule has 1 atom stereocenters. The minimum absolute atomic E-state index is 0.0959. The van der Waals surface area contributed by atoms with Gasteiger partial charge in [-0.15, -0.1) is 0 Å². The number of hydrogen-bond acceptors (Lipinski definition) is 3. The molecule has 1 saturated heterocycles. The highest BCUT2D eigenvalue weighted by molar-refractivity contribution is 5.99. The number of rotatable bonds is 1. The lowest BCUT2D eigenvalue weighted by molar-refractivity contribution is -0.167. The average molecular weight is 234 g/mol.